The van der Waals surface area contributed by atoms with Crippen molar-refractivity contribution in [3.63, 3.8) is 0 Å². The van der Waals surface area contributed by atoms with Gasteiger partial charge < -0.3 is 14.8 Å². The van der Waals surface area contributed by atoms with Gasteiger partial charge in [0.15, 0.2) is 6.61 Å². The molecule has 0 aliphatic carbocycles. The summed E-state index contributed by atoms with van der Waals surface area (Å²) >= 11 is 3.20. The van der Waals surface area contributed by atoms with Gasteiger partial charge in [-0.3, -0.25) is 0 Å². The molecule has 8 heteroatoms. The summed E-state index contributed by atoms with van der Waals surface area (Å²) in [7, 11) is 1.38. The van der Waals surface area contributed by atoms with Crippen LogP contribution in [0.3, 0.4) is 0 Å². The molecule has 1 aromatic carbocycles. The highest BCUT2D eigenvalue weighted by atomic mass is 79.9. The Morgan fingerprint density at radius 1 is 1.53 bits per heavy atom. The topological polar surface area (TPSA) is 47.6 Å². The van der Waals surface area contributed by atoms with Crippen molar-refractivity contribution in [1.29, 1.82) is 0 Å². The van der Waals surface area contributed by atoms with Crippen LogP contribution in [0.4, 0.5) is 13.6 Å². The van der Waals surface area contributed by atoms with E-state index in [1.54, 1.807) is 12.1 Å². The molecule has 0 spiro atoms. The number of hydrogen-bond acceptors (Lipinski definition) is 3. The van der Waals surface area contributed by atoms with Crippen LogP contribution in [-0.2, 0) is 4.74 Å². The molecule has 19 heavy (non-hydrogen) atoms. The molecule has 1 N–H and O–H groups in total. The Morgan fingerprint density at radius 2 is 2.21 bits per heavy atom. The maximum absolute atomic E-state index is 13.8. The second kappa shape index (κ2) is 5.92. The molecule has 0 saturated carbocycles. The molecular weight excluding hydrogens is 347 g/mol. The summed E-state index contributed by atoms with van der Waals surface area (Å²) in [5.41, 5.74) is 0.202. The predicted octanol–water partition coefficient (Wildman–Crippen LogP) is 3.30. The summed E-state index contributed by atoms with van der Waals surface area (Å²) in [4.78, 5) is 11.1. The van der Waals surface area contributed by atoms with Crippen LogP contribution in [0.15, 0.2) is 22.7 Å². The van der Waals surface area contributed by atoms with Gasteiger partial charge in [-0.05, 0) is 18.2 Å². The summed E-state index contributed by atoms with van der Waals surface area (Å²) in [6, 6.07) is 3.24. The lowest BCUT2D eigenvalue weighted by molar-refractivity contribution is -0.104. The molecule has 4 nitrogen and oxygen atoms in total. The minimum Gasteiger partial charge on any atom is -0.496 e. The van der Waals surface area contributed by atoms with Crippen LogP contribution in [0.25, 0.3) is 0 Å². The van der Waals surface area contributed by atoms with E-state index in [1.807, 2.05) is 0 Å². The number of carbonyl (C=O) groups excluding carboxylic acids is 1. The van der Waals surface area contributed by atoms with Crippen LogP contribution in [0.2, 0.25) is 0 Å². The number of amides is 1. The highest BCUT2D eigenvalue weighted by molar-refractivity contribution is 9.10. The van der Waals surface area contributed by atoms with Crippen LogP contribution in [0.1, 0.15) is 11.6 Å². The lowest BCUT2D eigenvalue weighted by atomic mass is 9.99. The van der Waals surface area contributed by atoms with E-state index >= 15 is 0 Å². The maximum atomic E-state index is 13.8. The minimum atomic E-state index is -3.19. The van der Waals surface area contributed by atoms with Gasteiger partial charge in [-0.2, -0.15) is 0 Å². The van der Waals surface area contributed by atoms with Gasteiger partial charge in [-0.1, -0.05) is 15.9 Å². The Kier molecular flexibility index (Phi) is 4.98. The molecule has 0 aromatic heterocycles. The van der Waals surface area contributed by atoms with E-state index in [9.17, 15) is 13.6 Å². The first-order chi connectivity index (χ1) is 8.44. The number of benzene rings is 1. The summed E-state index contributed by atoms with van der Waals surface area (Å²) in [6.07, 6.45) is -0.868. The number of ether oxygens (including phenoxy) is 2. The molecule has 106 valence electrons. The van der Waals surface area contributed by atoms with Crippen molar-refractivity contribution < 1.29 is 23.0 Å². The molecular formula is C11H11BrClF2NO3. The summed E-state index contributed by atoms with van der Waals surface area (Å²) in [6.45, 7) is -0.945. The fraction of sp³-hybridized carbons (Fsp3) is 0.364. The lowest BCUT2D eigenvalue weighted by Gasteiger charge is -2.32. The Bertz CT molecular complexity index is 487. The van der Waals surface area contributed by atoms with Gasteiger partial charge in [-0.15, -0.1) is 12.4 Å². The van der Waals surface area contributed by atoms with Crippen LogP contribution < -0.4 is 10.1 Å². The monoisotopic (exact) mass is 357 g/mol. The van der Waals surface area contributed by atoms with Crippen molar-refractivity contribution >= 4 is 34.4 Å². The van der Waals surface area contributed by atoms with Gasteiger partial charge in [0.25, 0.3) is 0 Å². The Morgan fingerprint density at radius 3 is 2.84 bits per heavy atom. The third-order valence-corrected chi connectivity index (χ3v) is 3.08. The molecule has 0 unspecified atom stereocenters. The second-order valence-corrected chi connectivity index (χ2v) is 4.72. The highest BCUT2D eigenvalue weighted by Gasteiger charge is 2.47. The van der Waals surface area contributed by atoms with E-state index in [0.29, 0.717) is 4.47 Å². The zero-order valence-electron chi connectivity index (χ0n) is 9.78. The van der Waals surface area contributed by atoms with Crippen molar-refractivity contribution in [2.45, 2.75) is 12.0 Å². The number of halogens is 4. The number of carbonyl (C=O) groups is 1. The van der Waals surface area contributed by atoms with Crippen LogP contribution in [0, 0.1) is 0 Å². The minimum absolute atomic E-state index is 0. The number of nitrogens with one attached hydrogen (secondary N) is 1. The molecule has 1 atom stereocenters. The number of rotatable bonds is 2. The molecule has 1 saturated heterocycles. The predicted molar refractivity (Wildman–Crippen MR) is 70.1 cm³/mol. The largest absolute Gasteiger partial charge is 0.496 e. The first-order valence-electron chi connectivity index (χ1n) is 5.08. The summed E-state index contributed by atoms with van der Waals surface area (Å²) in [5, 5.41) is 2.11. The van der Waals surface area contributed by atoms with Gasteiger partial charge in [0, 0.05) is 10.0 Å². The number of alkyl carbamates (subject to hydrolysis) is 1. The fourth-order valence-electron chi connectivity index (χ4n) is 1.75. The third-order valence-electron chi connectivity index (χ3n) is 2.58. The van der Waals surface area contributed by atoms with E-state index in [1.165, 1.54) is 13.2 Å². The molecule has 1 fully saturated rings. The molecule has 1 aliphatic heterocycles. The molecule has 1 amide bonds. The first-order valence-corrected chi connectivity index (χ1v) is 5.88. The number of alkyl halides is 2. The third kappa shape index (κ3) is 3.27. The standard InChI is InChI=1S/C11H10BrF2NO3.ClH/c1-17-8-3-2-6(12)4-7(8)9-11(13,14)5-18-10(16)15-9;/h2-4,9H,5H2,1H3,(H,15,16);1H/t9-;/m1./s1. The first kappa shape index (κ1) is 16.0. The van der Waals surface area contributed by atoms with Gasteiger partial charge in [0.05, 0.1) is 7.11 Å². The molecule has 1 aliphatic rings. The van der Waals surface area contributed by atoms with E-state index in [0.717, 1.165) is 0 Å². The number of hydrogen-bond donors (Lipinski definition) is 1. The zero-order chi connectivity index (χ0) is 13.3. The average molecular weight is 359 g/mol. The summed E-state index contributed by atoms with van der Waals surface area (Å²) in [5.74, 6) is -2.91. The molecule has 0 bridgehead atoms. The van der Waals surface area contributed by atoms with Crippen LogP contribution in [0.5, 0.6) is 5.75 Å². The van der Waals surface area contributed by atoms with Crippen molar-refractivity contribution in [2.24, 2.45) is 0 Å². The van der Waals surface area contributed by atoms with E-state index in [2.05, 4.69) is 26.0 Å². The highest BCUT2D eigenvalue weighted by Crippen LogP contribution is 2.39. The SMILES string of the molecule is COc1ccc(Br)cc1[C@H]1NC(=O)OCC1(F)F.Cl. The molecule has 0 radical (unpaired) electrons. The van der Waals surface area contributed by atoms with Crippen molar-refractivity contribution in [3.05, 3.63) is 28.2 Å². The Hall–Kier alpha value is -1.08. The van der Waals surface area contributed by atoms with Gasteiger partial charge in [-0.25, -0.2) is 13.6 Å². The van der Waals surface area contributed by atoms with Crippen molar-refractivity contribution in [3.8, 4) is 5.75 Å². The smallest absolute Gasteiger partial charge is 0.408 e. The normalized spacial score (nSPS) is 20.8. The van der Waals surface area contributed by atoms with Crippen molar-refractivity contribution in [2.75, 3.05) is 13.7 Å². The van der Waals surface area contributed by atoms with E-state index in [-0.39, 0.29) is 23.7 Å². The molecule has 1 heterocycles. The van der Waals surface area contributed by atoms with Gasteiger partial charge in [0.2, 0.25) is 0 Å². The van der Waals surface area contributed by atoms with Crippen LogP contribution in [-0.4, -0.2) is 25.7 Å². The van der Waals surface area contributed by atoms with Crippen molar-refractivity contribution in [1.82, 2.24) is 5.32 Å². The van der Waals surface area contributed by atoms with Gasteiger partial charge >= 0.3 is 12.0 Å². The molecule has 1 aromatic rings. The fourth-order valence-corrected chi connectivity index (χ4v) is 2.13. The lowest BCUT2D eigenvalue weighted by Crippen LogP contribution is -2.49. The Balaban J connectivity index is 0.00000180. The quantitative estimate of drug-likeness (QED) is 0.882. The van der Waals surface area contributed by atoms with E-state index in [4.69, 9.17) is 4.74 Å². The number of cyclic esters (lactones) is 1. The molecule has 2 rings (SSSR count). The summed E-state index contributed by atoms with van der Waals surface area (Å²) < 4.78 is 37.5. The zero-order valence-corrected chi connectivity index (χ0v) is 12.2. The Labute approximate surface area is 123 Å². The van der Waals surface area contributed by atoms with Gasteiger partial charge in [0.1, 0.15) is 11.8 Å². The van der Waals surface area contributed by atoms with Crippen LogP contribution >= 0.6 is 28.3 Å². The number of methoxy groups -OCH3 is 1. The van der Waals surface area contributed by atoms with E-state index < -0.39 is 24.7 Å². The maximum Gasteiger partial charge on any atom is 0.408 e. The average Bonchev–Trinajstić information content (AvgIpc) is 2.32. The second-order valence-electron chi connectivity index (χ2n) is 3.80.